The quantitative estimate of drug-likeness (QED) is 0.633. The van der Waals surface area contributed by atoms with Crippen molar-refractivity contribution in [3.05, 3.63) is 59.8 Å². The third kappa shape index (κ3) is 3.09. The van der Waals surface area contributed by atoms with Gasteiger partial charge < -0.3 is 10.3 Å². The van der Waals surface area contributed by atoms with Crippen LogP contribution in [0.4, 0.5) is 5.82 Å². The molecule has 2 aliphatic carbocycles. The fourth-order valence-corrected chi connectivity index (χ4v) is 5.82. The zero-order valence-corrected chi connectivity index (χ0v) is 17.7. The molecule has 5 rings (SSSR count). The molecular formula is C21H24N6O2S. The Kier molecular flexibility index (Phi) is 4.41. The van der Waals surface area contributed by atoms with Crippen LogP contribution in [0.2, 0.25) is 0 Å². The van der Waals surface area contributed by atoms with E-state index in [4.69, 9.17) is 5.73 Å². The fraction of sp³-hybridized carbons (Fsp3) is 0.381. The Morgan fingerprint density at radius 1 is 1.13 bits per heavy atom. The molecule has 156 valence electrons. The van der Waals surface area contributed by atoms with Crippen molar-refractivity contribution in [1.29, 1.82) is 0 Å². The molecule has 0 saturated heterocycles. The van der Waals surface area contributed by atoms with Crippen LogP contribution in [-0.2, 0) is 17.1 Å². The summed E-state index contributed by atoms with van der Waals surface area (Å²) in [6.07, 6.45) is 5.17. The maximum atomic E-state index is 13.0. The molecule has 0 spiro atoms. The lowest BCUT2D eigenvalue weighted by Crippen LogP contribution is -2.20. The highest BCUT2D eigenvalue weighted by molar-refractivity contribution is 7.90. The standard InChI is InChI=1S/C21H24N6O2S/c1-13-5-7-14(8-6-13)30(28,29)27-9-3-4-19(27)23-12-20-24-25-21(26(20)2)17-11-18(22)16-10-15(16)17/h3-9,12,15-18H,10-11,22H2,1-2H3/b23-12-/t15-,16+,17-,18+/m0/s1. The normalized spacial score (nSPS) is 25.7. The van der Waals surface area contributed by atoms with Gasteiger partial charge in [0, 0.05) is 25.2 Å². The van der Waals surface area contributed by atoms with E-state index in [1.807, 2.05) is 18.5 Å². The first-order valence-electron chi connectivity index (χ1n) is 10.0. The molecule has 0 bridgehead atoms. The molecule has 3 aromatic rings. The van der Waals surface area contributed by atoms with E-state index >= 15 is 0 Å². The first-order valence-corrected chi connectivity index (χ1v) is 11.5. The van der Waals surface area contributed by atoms with Crippen LogP contribution >= 0.6 is 0 Å². The van der Waals surface area contributed by atoms with Crippen LogP contribution in [0.15, 0.2) is 52.5 Å². The minimum absolute atomic E-state index is 0.221. The van der Waals surface area contributed by atoms with E-state index in [-0.39, 0.29) is 10.9 Å². The van der Waals surface area contributed by atoms with Crippen LogP contribution < -0.4 is 5.73 Å². The third-order valence-electron chi connectivity index (χ3n) is 6.34. The molecule has 1 aromatic carbocycles. The molecule has 0 amide bonds. The highest BCUT2D eigenvalue weighted by Gasteiger charge is 2.54. The Morgan fingerprint density at radius 2 is 1.90 bits per heavy atom. The van der Waals surface area contributed by atoms with E-state index in [1.165, 1.54) is 16.6 Å². The van der Waals surface area contributed by atoms with Crippen molar-refractivity contribution in [3.8, 4) is 0 Å². The molecule has 30 heavy (non-hydrogen) atoms. The predicted octanol–water partition coefficient (Wildman–Crippen LogP) is 2.36. The molecule has 2 aromatic heterocycles. The number of aryl methyl sites for hydroxylation is 1. The number of aliphatic imine (C=N–C) groups is 1. The molecule has 8 nitrogen and oxygen atoms in total. The van der Waals surface area contributed by atoms with Crippen LogP contribution in [0, 0.1) is 18.8 Å². The zero-order chi connectivity index (χ0) is 21.0. The molecule has 0 unspecified atom stereocenters. The zero-order valence-electron chi connectivity index (χ0n) is 16.9. The molecular weight excluding hydrogens is 400 g/mol. The number of aromatic nitrogens is 4. The van der Waals surface area contributed by atoms with Gasteiger partial charge >= 0.3 is 0 Å². The highest BCUT2D eigenvalue weighted by Crippen LogP contribution is 2.58. The average Bonchev–Trinajstić information content (AvgIpc) is 3.04. The van der Waals surface area contributed by atoms with Gasteiger partial charge in [-0.1, -0.05) is 17.7 Å². The van der Waals surface area contributed by atoms with E-state index in [2.05, 4.69) is 15.2 Å². The van der Waals surface area contributed by atoms with Gasteiger partial charge in [-0.3, -0.25) is 0 Å². The SMILES string of the molecule is Cc1ccc(S(=O)(=O)n2cccc2/N=C\c2nnc([C@H]3C[C@@H](N)[C@@H]4C[C@@H]43)n2C)cc1. The monoisotopic (exact) mass is 424 g/mol. The minimum Gasteiger partial charge on any atom is -0.327 e. The van der Waals surface area contributed by atoms with Crippen molar-refractivity contribution >= 4 is 22.1 Å². The number of benzene rings is 1. The summed E-state index contributed by atoms with van der Waals surface area (Å²) in [7, 11) is -1.81. The largest absolute Gasteiger partial charge is 0.327 e. The summed E-state index contributed by atoms with van der Waals surface area (Å²) in [5.41, 5.74) is 7.20. The molecule has 0 radical (unpaired) electrons. The smallest absolute Gasteiger partial charge is 0.269 e. The molecule has 9 heteroatoms. The summed E-state index contributed by atoms with van der Waals surface area (Å²) in [6, 6.07) is 10.3. The summed E-state index contributed by atoms with van der Waals surface area (Å²) < 4.78 is 29.1. The second kappa shape index (κ2) is 6.88. The minimum atomic E-state index is -3.73. The molecule has 0 aliphatic heterocycles. The summed E-state index contributed by atoms with van der Waals surface area (Å²) in [5, 5.41) is 8.64. The summed E-state index contributed by atoms with van der Waals surface area (Å²) in [6.45, 7) is 1.92. The summed E-state index contributed by atoms with van der Waals surface area (Å²) in [4.78, 5) is 4.62. The van der Waals surface area contributed by atoms with Crippen LogP contribution in [0.5, 0.6) is 0 Å². The molecule has 2 aliphatic rings. The lowest BCUT2D eigenvalue weighted by atomic mass is 10.0. The molecule has 2 saturated carbocycles. The van der Waals surface area contributed by atoms with Crippen molar-refractivity contribution in [2.75, 3.05) is 0 Å². The number of rotatable bonds is 5. The lowest BCUT2D eigenvalue weighted by Gasteiger charge is -2.12. The van der Waals surface area contributed by atoms with Crippen molar-refractivity contribution in [2.24, 2.45) is 29.6 Å². The fourth-order valence-electron chi connectivity index (χ4n) is 4.53. The maximum absolute atomic E-state index is 13.0. The van der Waals surface area contributed by atoms with E-state index in [0.717, 1.165) is 17.8 Å². The highest BCUT2D eigenvalue weighted by atomic mass is 32.2. The van der Waals surface area contributed by atoms with E-state index in [1.54, 1.807) is 42.6 Å². The Morgan fingerprint density at radius 3 is 2.57 bits per heavy atom. The Labute approximate surface area is 175 Å². The van der Waals surface area contributed by atoms with Gasteiger partial charge in [-0.25, -0.2) is 17.4 Å². The first-order chi connectivity index (χ1) is 14.4. The van der Waals surface area contributed by atoms with Gasteiger partial charge in [0.15, 0.2) is 5.82 Å². The predicted molar refractivity (Wildman–Crippen MR) is 113 cm³/mol. The maximum Gasteiger partial charge on any atom is 0.269 e. The van der Waals surface area contributed by atoms with Crippen molar-refractivity contribution < 1.29 is 8.42 Å². The van der Waals surface area contributed by atoms with Crippen LogP contribution in [0.25, 0.3) is 0 Å². The number of nitrogens with two attached hydrogens (primary N) is 1. The Balaban J connectivity index is 1.42. The van der Waals surface area contributed by atoms with Crippen molar-refractivity contribution in [2.45, 2.75) is 36.6 Å². The topological polar surface area (TPSA) is 108 Å². The van der Waals surface area contributed by atoms with Gasteiger partial charge in [-0.15, -0.1) is 10.2 Å². The van der Waals surface area contributed by atoms with Gasteiger partial charge in [-0.2, -0.15) is 0 Å². The lowest BCUT2D eigenvalue weighted by molar-refractivity contribution is 0.535. The van der Waals surface area contributed by atoms with E-state index in [9.17, 15) is 8.42 Å². The van der Waals surface area contributed by atoms with Crippen LogP contribution in [-0.4, -0.2) is 39.4 Å². The van der Waals surface area contributed by atoms with E-state index < -0.39 is 10.0 Å². The van der Waals surface area contributed by atoms with Gasteiger partial charge in [0.2, 0.25) is 0 Å². The Hall–Kier alpha value is -2.78. The molecule has 2 heterocycles. The molecule has 4 atom stereocenters. The second-order valence-electron chi connectivity index (χ2n) is 8.28. The third-order valence-corrected chi connectivity index (χ3v) is 8.04. The van der Waals surface area contributed by atoms with Crippen LogP contribution in [0.1, 0.15) is 36.0 Å². The number of hydrogen-bond acceptors (Lipinski definition) is 6. The van der Waals surface area contributed by atoms with Crippen molar-refractivity contribution in [1.82, 2.24) is 18.7 Å². The van der Waals surface area contributed by atoms with Gasteiger partial charge in [0.25, 0.3) is 10.0 Å². The van der Waals surface area contributed by atoms with Crippen molar-refractivity contribution in [3.63, 3.8) is 0 Å². The Bertz CT molecular complexity index is 1220. The van der Waals surface area contributed by atoms with Gasteiger partial charge in [0.1, 0.15) is 11.6 Å². The summed E-state index contributed by atoms with van der Waals surface area (Å²) in [5.74, 6) is 3.41. The number of fused-ring (bicyclic) bond motifs is 1. The molecule has 2 fully saturated rings. The van der Waals surface area contributed by atoms with Gasteiger partial charge in [0.05, 0.1) is 11.1 Å². The first kappa shape index (κ1) is 19.2. The number of hydrogen-bond donors (Lipinski definition) is 1. The second-order valence-corrected chi connectivity index (χ2v) is 10.1. The molecule has 2 N–H and O–H groups in total. The van der Waals surface area contributed by atoms with Crippen LogP contribution in [0.3, 0.4) is 0 Å². The number of nitrogens with zero attached hydrogens (tertiary/aromatic N) is 5. The average molecular weight is 425 g/mol. The summed E-state index contributed by atoms with van der Waals surface area (Å²) >= 11 is 0. The van der Waals surface area contributed by atoms with Gasteiger partial charge in [-0.05, 0) is 55.9 Å². The van der Waals surface area contributed by atoms with E-state index in [0.29, 0.717) is 29.4 Å².